The first-order valence-corrected chi connectivity index (χ1v) is 8.29. The third kappa shape index (κ3) is 4.87. The van der Waals surface area contributed by atoms with E-state index in [-0.39, 0.29) is 11.5 Å². The second kappa shape index (κ2) is 7.42. The molecule has 132 valence electrons. The van der Waals surface area contributed by atoms with Gasteiger partial charge in [0.25, 0.3) is 0 Å². The number of ether oxygens (including phenoxy) is 1. The summed E-state index contributed by atoms with van der Waals surface area (Å²) in [5, 5.41) is 5.71. The Kier molecular flexibility index (Phi) is 5.74. The van der Waals surface area contributed by atoms with Gasteiger partial charge in [0.2, 0.25) is 0 Å². The first-order valence-electron chi connectivity index (χ1n) is 7.88. The standard InChI is InChI=1S/C17H22F2N2O2S/c1-17(2,3)23-16(22)21-13-8-7-10(9-20-15(13)24)14-11(18)5-4-6-12(14)19/h4-6,10,13H,7-9H2,1-3H3,(H,20,24)(H,21,22)/t10-,13-/m1/s1. The van der Waals surface area contributed by atoms with Gasteiger partial charge in [0.15, 0.2) is 0 Å². The van der Waals surface area contributed by atoms with Crippen LogP contribution >= 0.6 is 12.2 Å². The third-order valence-electron chi connectivity index (χ3n) is 3.74. The van der Waals surface area contributed by atoms with Gasteiger partial charge in [-0.05, 0) is 45.7 Å². The van der Waals surface area contributed by atoms with Crippen LogP contribution in [0.15, 0.2) is 18.2 Å². The normalized spacial score (nSPS) is 21.6. The molecular weight excluding hydrogens is 334 g/mol. The van der Waals surface area contributed by atoms with Crippen LogP contribution in [-0.2, 0) is 4.74 Å². The van der Waals surface area contributed by atoms with Crippen LogP contribution in [-0.4, -0.2) is 29.3 Å². The second-order valence-corrected chi connectivity index (χ2v) is 7.29. The van der Waals surface area contributed by atoms with Crippen LogP contribution in [0.25, 0.3) is 0 Å². The zero-order chi connectivity index (χ0) is 17.9. The van der Waals surface area contributed by atoms with E-state index in [1.807, 2.05) is 0 Å². The Morgan fingerprint density at radius 3 is 2.50 bits per heavy atom. The molecule has 1 saturated heterocycles. The number of thiocarbonyl (C=S) groups is 1. The van der Waals surface area contributed by atoms with Crippen LogP contribution in [0.3, 0.4) is 0 Å². The summed E-state index contributed by atoms with van der Waals surface area (Å²) in [6.45, 7) is 5.64. The lowest BCUT2D eigenvalue weighted by molar-refractivity contribution is 0.0516. The number of nitrogens with one attached hydrogen (secondary N) is 2. The van der Waals surface area contributed by atoms with Crippen molar-refractivity contribution in [1.29, 1.82) is 0 Å². The molecule has 2 atom stereocenters. The van der Waals surface area contributed by atoms with Gasteiger partial charge in [-0.1, -0.05) is 18.3 Å². The lowest BCUT2D eigenvalue weighted by Gasteiger charge is -2.23. The Balaban J connectivity index is 2.05. The number of benzene rings is 1. The maximum atomic E-state index is 14.0. The van der Waals surface area contributed by atoms with Gasteiger partial charge < -0.3 is 15.4 Å². The Hall–Kier alpha value is -1.76. The maximum Gasteiger partial charge on any atom is 0.408 e. The van der Waals surface area contributed by atoms with Crippen LogP contribution in [0.5, 0.6) is 0 Å². The quantitative estimate of drug-likeness (QED) is 0.794. The average molecular weight is 356 g/mol. The number of carbonyl (C=O) groups is 1. The molecule has 0 aliphatic carbocycles. The second-order valence-electron chi connectivity index (χ2n) is 6.85. The van der Waals surface area contributed by atoms with Crippen molar-refractivity contribution in [1.82, 2.24) is 10.6 Å². The lowest BCUT2D eigenvalue weighted by atomic mass is 9.93. The van der Waals surface area contributed by atoms with E-state index < -0.39 is 29.4 Å². The van der Waals surface area contributed by atoms with Gasteiger partial charge >= 0.3 is 6.09 Å². The fourth-order valence-corrected chi connectivity index (χ4v) is 2.94. The highest BCUT2D eigenvalue weighted by atomic mass is 32.1. The van der Waals surface area contributed by atoms with Crippen molar-refractivity contribution in [2.24, 2.45) is 0 Å². The molecule has 1 aliphatic heterocycles. The van der Waals surface area contributed by atoms with Crippen molar-refractivity contribution in [3.63, 3.8) is 0 Å². The largest absolute Gasteiger partial charge is 0.444 e. The van der Waals surface area contributed by atoms with Gasteiger partial charge in [-0.2, -0.15) is 0 Å². The zero-order valence-corrected chi connectivity index (χ0v) is 14.8. The number of rotatable bonds is 2. The summed E-state index contributed by atoms with van der Waals surface area (Å²) in [7, 11) is 0. The molecule has 4 nitrogen and oxygen atoms in total. The molecule has 1 amide bonds. The third-order valence-corrected chi connectivity index (χ3v) is 4.17. The SMILES string of the molecule is CC(C)(C)OC(=O)N[C@@H]1CC[C@@H](c2c(F)cccc2F)CNC1=S. The molecule has 7 heteroatoms. The summed E-state index contributed by atoms with van der Waals surface area (Å²) in [5.74, 6) is -1.48. The minimum atomic E-state index is -0.608. The molecular formula is C17H22F2N2O2S. The molecule has 1 aromatic rings. The van der Waals surface area contributed by atoms with Gasteiger partial charge in [-0.25, -0.2) is 13.6 Å². The molecule has 0 bridgehead atoms. The number of halogens is 2. The summed E-state index contributed by atoms with van der Waals surface area (Å²) in [4.78, 5) is 12.3. The van der Waals surface area contributed by atoms with E-state index in [2.05, 4.69) is 10.6 Å². The topological polar surface area (TPSA) is 50.4 Å². The van der Waals surface area contributed by atoms with Gasteiger partial charge in [-0.3, -0.25) is 0 Å². The van der Waals surface area contributed by atoms with Crippen molar-refractivity contribution in [2.75, 3.05) is 6.54 Å². The van der Waals surface area contributed by atoms with Gasteiger partial charge in [0.05, 0.1) is 11.0 Å². The first-order chi connectivity index (χ1) is 11.2. The molecule has 1 aromatic carbocycles. The smallest absolute Gasteiger partial charge is 0.408 e. The summed E-state index contributed by atoms with van der Waals surface area (Å²) < 4.78 is 33.2. The van der Waals surface area contributed by atoms with Crippen LogP contribution in [0.2, 0.25) is 0 Å². The predicted octanol–water partition coefficient (Wildman–Crippen LogP) is 3.65. The molecule has 24 heavy (non-hydrogen) atoms. The number of hydrogen-bond acceptors (Lipinski definition) is 3. The molecule has 1 fully saturated rings. The van der Waals surface area contributed by atoms with E-state index in [0.29, 0.717) is 24.4 Å². The molecule has 2 rings (SSSR count). The number of alkyl carbamates (subject to hydrolysis) is 1. The Labute approximate surface area is 146 Å². The van der Waals surface area contributed by atoms with Crippen molar-refractivity contribution < 1.29 is 18.3 Å². The Morgan fingerprint density at radius 1 is 1.29 bits per heavy atom. The predicted molar refractivity (Wildman–Crippen MR) is 92.1 cm³/mol. The Bertz CT molecular complexity index is 611. The minimum Gasteiger partial charge on any atom is -0.444 e. The van der Waals surface area contributed by atoms with Crippen LogP contribution in [0.4, 0.5) is 13.6 Å². The van der Waals surface area contributed by atoms with E-state index in [9.17, 15) is 13.6 Å². The molecule has 1 aliphatic rings. The van der Waals surface area contributed by atoms with E-state index in [4.69, 9.17) is 17.0 Å². The molecule has 0 spiro atoms. The van der Waals surface area contributed by atoms with Crippen molar-refractivity contribution in [3.8, 4) is 0 Å². The van der Waals surface area contributed by atoms with Crippen LogP contribution in [0, 0.1) is 11.6 Å². The van der Waals surface area contributed by atoms with Gasteiger partial charge in [0.1, 0.15) is 17.2 Å². The fraction of sp³-hybridized carbons (Fsp3) is 0.529. The van der Waals surface area contributed by atoms with E-state index >= 15 is 0 Å². The number of amides is 1. The monoisotopic (exact) mass is 356 g/mol. The van der Waals surface area contributed by atoms with E-state index in [1.165, 1.54) is 18.2 Å². The molecule has 0 radical (unpaired) electrons. The minimum absolute atomic E-state index is 0.0609. The molecule has 0 unspecified atom stereocenters. The molecule has 0 saturated carbocycles. The summed E-state index contributed by atoms with van der Waals surface area (Å²) >= 11 is 5.27. The van der Waals surface area contributed by atoms with Gasteiger partial charge in [0, 0.05) is 18.0 Å². The Morgan fingerprint density at radius 2 is 1.92 bits per heavy atom. The highest BCUT2D eigenvalue weighted by molar-refractivity contribution is 7.80. The van der Waals surface area contributed by atoms with Gasteiger partial charge in [-0.15, -0.1) is 0 Å². The number of carbonyl (C=O) groups excluding carboxylic acids is 1. The average Bonchev–Trinajstić information content (AvgIpc) is 2.61. The van der Waals surface area contributed by atoms with Crippen molar-refractivity contribution in [3.05, 3.63) is 35.4 Å². The fourth-order valence-electron chi connectivity index (χ4n) is 2.68. The van der Waals surface area contributed by atoms with Crippen molar-refractivity contribution in [2.45, 2.75) is 51.2 Å². The highest BCUT2D eigenvalue weighted by Gasteiger charge is 2.29. The van der Waals surface area contributed by atoms with Crippen LogP contribution < -0.4 is 10.6 Å². The van der Waals surface area contributed by atoms with E-state index in [1.54, 1.807) is 20.8 Å². The first kappa shape index (κ1) is 18.6. The zero-order valence-electron chi connectivity index (χ0n) is 14.0. The van der Waals surface area contributed by atoms with Crippen molar-refractivity contribution >= 4 is 23.3 Å². The van der Waals surface area contributed by atoms with Crippen LogP contribution in [0.1, 0.15) is 45.1 Å². The summed E-state index contributed by atoms with van der Waals surface area (Å²) in [6, 6.07) is 3.42. The van der Waals surface area contributed by atoms with E-state index in [0.717, 1.165) is 0 Å². The number of hydrogen-bond donors (Lipinski definition) is 2. The maximum absolute atomic E-state index is 14.0. The lowest BCUT2D eigenvalue weighted by Crippen LogP contribution is -2.46. The summed E-state index contributed by atoms with van der Waals surface area (Å²) in [5.41, 5.74) is -0.548. The highest BCUT2D eigenvalue weighted by Crippen LogP contribution is 2.28. The molecule has 1 heterocycles. The summed E-state index contributed by atoms with van der Waals surface area (Å²) in [6.07, 6.45) is 0.404. The molecule has 2 N–H and O–H groups in total. The molecule has 0 aromatic heterocycles.